The minimum Gasteiger partial charge on any atom is -0.351 e. The van der Waals surface area contributed by atoms with Crippen LogP contribution < -0.4 is 5.73 Å². The summed E-state index contributed by atoms with van der Waals surface area (Å²) in [6.07, 6.45) is -4.73. The maximum absolute atomic E-state index is 12.8. The van der Waals surface area contributed by atoms with Crippen LogP contribution in [0.5, 0.6) is 0 Å². The summed E-state index contributed by atoms with van der Waals surface area (Å²) in [4.78, 5) is 14.7. The third-order valence-corrected chi connectivity index (χ3v) is 2.82. The number of hydrogen-bond acceptors (Lipinski definition) is 2. The van der Waals surface area contributed by atoms with E-state index in [0.717, 1.165) is 5.56 Å². The van der Waals surface area contributed by atoms with E-state index in [2.05, 4.69) is 4.98 Å². The van der Waals surface area contributed by atoms with Gasteiger partial charge in [-0.15, -0.1) is 0 Å². The first-order chi connectivity index (χ1) is 8.23. The maximum Gasteiger partial charge on any atom is 0.450 e. The van der Waals surface area contributed by atoms with Crippen molar-refractivity contribution in [2.45, 2.75) is 20.0 Å². The number of alkyl halides is 3. The Hall–Kier alpha value is -2.05. The van der Waals surface area contributed by atoms with Crippen LogP contribution in [0.15, 0.2) is 12.1 Å². The number of fused-ring (bicyclic) bond motifs is 1. The number of carbonyl (C=O) groups excluding carboxylic acids is 1. The predicted octanol–water partition coefficient (Wildman–Crippen LogP) is 2.60. The molecule has 0 atom stereocenters. The molecule has 0 aliphatic carbocycles. The topological polar surface area (TPSA) is 60.9 Å². The summed E-state index contributed by atoms with van der Waals surface area (Å²) in [5.41, 5.74) is 6.59. The Morgan fingerprint density at radius 1 is 1.33 bits per heavy atom. The van der Waals surface area contributed by atoms with Crippen molar-refractivity contribution in [1.82, 2.24) is 9.55 Å². The summed E-state index contributed by atoms with van der Waals surface area (Å²) in [5.74, 6) is -1.29. The number of aryl methyl sites for hydroxylation is 2. The van der Waals surface area contributed by atoms with Crippen LogP contribution in [0, 0.1) is 13.8 Å². The van der Waals surface area contributed by atoms with Crippen molar-refractivity contribution in [1.29, 1.82) is 0 Å². The Kier molecular flexibility index (Phi) is 2.57. The van der Waals surface area contributed by atoms with Crippen molar-refractivity contribution < 1.29 is 18.0 Å². The SMILES string of the molecule is Cc1ccc2c(nc(C(F)(F)F)n2C(N)=O)c1C. The molecule has 2 rings (SSSR count). The zero-order valence-electron chi connectivity index (χ0n) is 9.67. The molecule has 0 unspecified atom stereocenters. The molecule has 0 bridgehead atoms. The van der Waals surface area contributed by atoms with Gasteiger partial charge in [0.2, 0.25) is 5.82 Å². The summed E-state index contributed by atoms with van der Waals surface area (Å²) in [5, 5.41) is 0. The molecule has 1 aromatic carbocycles. The van der Waals surface area contributed by atoms with Crippen LogP contribution >= 0.6 is 0 Å². The molecule has 0 radical (unpaired) electrons. The van der Waals surface area contributed by atoms with Gasteiger partial charge in [-0.2, -0.15) is 13.2 Å². The lowest BCUT2D eigenvalue weighted by molar-refractivity contribution is -0.145. The number of nitrogens with zero attached hydrogens (tertiary/aromatic N) is 2. The standard InChI is InChI=1S/C11H10F3N3O/c1-5-3-4-7-8(6(5)2)16-9(11(12,13)14)17(7)10(15)18/h3-4H,1-2H3,(H2,15,18). The van der Waals surface area contributed by atoms with E-state index in [9.17, 15) is 18.0 Å². The van der Waals surface area contributed by atoms with Crippen LogP contribution in [0.25, 0.3) is 11.0 Å². The Labute approximate surface area is 100 Å². The normalized spacial score (nSPS) is 12.1. The van der Waals surface area contributed by atoms with Gasteiger partial charge in [0.15, 0.2) is 0 Å². The summed E-state index contributed by atoms with van der Waals surface area (Å²) in [6, 6.07) is 1.83. The van der Waals surface area contributed by atoms with Crippen LogP contribution in [0.1, 0.15) is 17.0 Å². The molecule has 1 heterocycles. The minimum atomic E-state index is -4.73. The van der Waals surface area contributed by atoms with Gasteiger partial charge in [-0.05, 0) is 31.0 Å². The van der Waals surface area contributed by atoms with Crippen LogP contribution in [-0.4, -0.2) is 15.6 Å². The average molecular weight is 257 g/mol. The fraction of sp³-hybridized carbons (Fsp3) is 0.273. The maximum atomic E-state index is 12.8. The van der Waals surface area contributed by atoms with Crippen molar-refractivity contribution in [3.8, 4) is 0 Å². The number of halogens is 3. The highest BCUT2D eigenvalue weighted by Gasteiger charge is 2.39. The average Bonchev–Trinajstić information content (AvgIpc) is 2.63. The first-order valence-electron chi connectivity index (χ1n) is 5.09. The van der Waals surface area contributed by atoms with Crippen LogP contribution in [0.4, 0.5) is 18.0 Å². The Balaban J connectivity index is 2.92. The zero-order valence-corrected chi connectivity index (χ0v) is 9.67. The van der Waals surface area contributed by atoms with Crippen molar-refractivity contribution in [2.75, 3.05) is 0 Å². The number of rotatable bonds is 0. The van der Waals surface area contributed by atoms with Gasteiger partial charge in [0, 0.05) is 0 Å². The molecule has 1 aromatic heterocycles. The molecule has 1 amide bonds. The lowest BCUT2D eigenvalue weighted by Crippen LogP contribution is -2.25. The second kappa shape index (κ2) is 3.72. The van der Waals surface area contributed by atoms with E-state index in [0.29, 0.717) is 10.1 Å². The third kappa shape index (κ3) is 1.71. The molecule has 0 fully saturated rings. The van der Waals surface area contributed by atoms with E-state index in [1.165, 1.54) is 6.07 Å². The molecule has 0 aliphatic rings. The highest BCUT2D eigenvalue weighted by atomic mass is 19.4. The van der Waals surface area contributed by atoms with Gasteiger partial charge >= 0.3 is 12.2 Å². The molecule has 0 saturated carbocycles. The Bertz CT molecular complexity index is 643. The molecular weight excluding hydrogens is 247 g/mol. The molecule has 2 aromatic rings. The monoisotopic (exact) mass is 257 g/mol. The largest absolute Gasteiger partial charge is 0.450 e. The molecule has 2 N–H and O–H groups in total. The molecular formula is C11H10F3N3O. The van der Waals surface area contributed by atoms with Crippen molar-refractivity contribution >= 4 is 17.1 Å². The molecule has 0 aliphatic heterocycles. The van der Waals surface area contributed by atoms with E-state index in [1.54, 1.807) is 19.9 Å². The first-order valence-corrected chi connectivity index (χ1v) is 5.09. The predicted molar refractivity (Wildman–Crippen MR) is 59.2 cm³/mol. The number of imidazole rings is 1. The van der Waals surface area contributed by atoms with Crippen molar-refractivity contribution in [2.24, 2.45) is 5.73 Å². The summed E-state index contributed by atoms with van der Waals surface area (Å²) in [6.45, 7) is 3.40. The fourth-order valence-corrected chi connectivity index (χ4v) is 1.79. The molecule has 4 nitrogen and oxygen atoms in total. The Morgan fingerprint density at radius 2 is 1.94 bits per heavy atom. The number of hydrogen-bond donors (Lipinski definition) is 1. The molecule has 0 saturated heterocycles. The number of amides is 1. The van der Waals surface area contributed by atoms with Crippen molar-refractivity contribution in [3.63, 3.8) is 0 Å². The number of nitrogens with two attached hydrogens (primary N) is 1. The number of aromatic nitrogens is 2. The lowest BCUT2D eigenvalue weighted by Gasteiger charge is -2.07. The van der Waals surface area contributed by atoms with Crippen molar-refractivity contribution in [3.05, 3.63) is 29.1 Å². The lowest BCUT2D eigenvalue weighted by atomic mass is 10.1. The molecule has 18 heavy (non-hydrogen) atoms. The summed E-state index contributed by atoms with van der Waals surface area (Å²) < 4.78 is 38.8. The highest BCUT2D eigenvalue weighted by Crippen LogP contribution is 2.32. The number of benzene rings is 1. The van der Waals surface area contributed by atoms with E-state index in [1.807, 2.05) is 0 Å². The molecule has 7 heteroatoms. The summed E-state index contributed by atoms with van der Waals surface area (Å²) >= 11 is 0. The minimum absolute atomic E-state index is 0.0675. The first kappa shape index (κ1) is 12.4. The fourth-order valence-electron chi connectivity index (χ4n) is 1.79. The number of primary amides is 1. The molecule has 0 spiro atoms. The van der Waals surface area contributed by atoms with Crippen LogP contribution in [0.2, 0.25) is 0 Å². The number of carbonyl (C=O) groups is 1. The second-order valence-corrected chi connectivity index (χ2v) is 3.98. The quantitative estimate of drug-likeness (QED) is 0.788. The van der Waals surface area contributed by atoms with Gasteiger partial charge < -0.3 is 5.73 Å². The third-order valence-electron chi connectivity index (χ3n) is 2.82. The smallest absolute Gasteiger partial charge is 0.351 e. The Morgan fingerprint density at radius 3 is 2.44 bits per heavy atom. The van der Waals surface area contributed by atoms with Gasteiger partial charge in [-0.1, -0.05) is 6.07 Å². The van der Waals surface area contributed by atoms with E-state index >= 15 is 0 Å². The molecule has 96 valence electrons. The van der Waals surface area contributed by atoms with Gasteiger partial charge in [-0.3, -0.25) is 0 Å². The van der Waals surface area contributed by atoms with Gasteiger partial charge in [0.05, 0.1) is 11.0 Å². The van der Waals surface area contributed by atoms with Gasteiger partial charge in [0.1, 0.15) is 0 Å². The van der Waals surface area contributed by atoms with E-state index in [4.69, 9.17) is 5.73 Å². The van der Waals surface area contributed by atoms with Crippen LogP contribution in [-0.2, 0) is 6.18 Å². The van der Waals surface area contributed by atoms with E-state index in [-0.39, 0.29) is 11.0 Å². The van der Waals surface area contributed by atoms with Gasteiger partial charge in [-0.25, -0.2) is 14.3 Å². The zero-order chi connectivity index (χ0) is 13.7. The van der Waals surface area contributed by atoms with Gasteiger partial charge in [0.25, 0.3) is 0 Å². The second-order valence-electron chi connectivity index (χ2n) is 3.98. The van der Waals surface area contributed by atoms with Crippen LogP contribution in [0.3, 0.4) is 0 Å². The summed E-state index contributed by atoms with van der Waals surface area (Å²) in [7, 11) is 0. The van der Waals surface area contributed by atoms with E-state index < -0.39 is 18.0 Å². The highest BCUT2D eigenvalue weighted by molar-refractivity contribution is 5.91.